The van der Waals surface area contributed by atoms with Crippen LogP contribution in [0.25, 0.3) is 0 Å². The van der Waals surface area contributed by atoms with Crippen LogP contribution >= 0.6 is 0 Å². The first-order chi connectivity index (χ1) is 8.27. The molecular formula is C15H17NO. The van der Waals surface area contributed by atoms with Crippen molar-refractivity contribution in [1.82, 2.24) is 0 Å². The van der Waals surface area contributed by atoms with E-state index in [2.05, 4.69) is 12.1 Å². The molecule has 0 aliphatic heterocycles. The molecule has 0 aliphatic carbocycles. The smallest absolute Gasteiger partial charge is 0.145 e. The maximum absolute atomic E-state index is 5.88. The molecule has 2 rings (SSSR count). The maximum atomic E-state index is 5.88. The highest BCUT2D eigenvalue weighted by atomic mass is 16.5. The minimum Gasteiger partial charge on any atom is -0.491 e. The van der Waals surface area contributed by atoms with Gasteiger partial charge in [-0.25, -0.2) is 0 Å². The summed E-state index contributed by atoms with van der Waals surface area (Å²) in [5.74, 6) is 0.809. The Bertz CT molecular complexity index is 459. The number of hydrogen-bond acceptors (Lipinski definition) is 2. The van der Waals surface area contributed by atoms with Crippen LogP contribution in [0.1, 0.15) is 11.1 Å². The molecule has 2 nitrogen and oxygen atoms in total. The number of hydrogen-bond donors (Lipinski definition) is 1. The van der Waals surface area contributed by atoms with Gasteiger partial charge < -0.3 is 10.5 Å². The van der Waals surface area contributed by atoms with E-state index in [0.717, 1.165) is 17.7 Å². The van der Waals surface area contributed by atoms with Gasteiger partial charge in [0.2, 0.25) is 0 Å². The predicted octanol–water partition coefficient (Wildman–Crippen LogP) is 3.20. The average Bonchev–Trinajstić information content (AvgIpc) is 2.34. The van der Waals surface area contributed by atoms with Crippen LogP contribution in [0.4, 0.5) is 5.69 Å². The molecule has 2 aromatic rings. The third kappa shape index (κ3) is 3.00. The summed E-state index contributed by atoms with van der Waals surface area (Å²) in [6.45, 7) is 2.66. The van der Waals surface area contributed by atoms with Gasteiger partial charge in [0.15, 0.2) is 0 Å². The first-order valence-corrected chi connectivity index (χ1v) is 5.79. The van der Waals surface area contributed by atoms with E-state index in [9.17, 15) is 0 Å². The summed E-state index contributed by atoms with van der Waals surface area (Å²) in [6, 6.07) is 16.1. The van der Waals surface area contributed by atoms with Gasteiger partial charge in [-0.3, -0.25) is 0 Å². The van der Waals surface area contributed by atoms with E-state index in [0.29, 0.717) is 12.3 Å². The molecule has 0 saturated carbocycles. The van der Waals surface area contributed by atoms with Crippen LogP contribution in [0.15, 0.2) is 48.5 Å². The van der Waals surface area contributed by atoms with Gasteiger partial charge in [0.1, 0.15) is 5.75 Å². The second-order valence-corrected chi connectivity index (χ2v) is 4.08. The van der Waals surface area contributed by atoms with E-state index in [1.54, 1.807) is 0 Å². The highest BCUT2D eigenvalue weighted by Gasteiger charge is 2.03. The predicted molar refractivity (Wildman–Crippen MR) is 71.2 cm³/mol. The van der Waals surface area contributed by atoms with Gasteiger partial charge >= 0.3 is 0 Å². The van der Waals surface area contributed by atoms with Gasteiger partial charge in [-0.15, -0.1) is 0 Å². The minimum atomic E-state index is 0.652. The van der Waals surface area contributed by atoms with E-state index < -0.39 is 0 Å². The highest BCUT2D eigenvalue weighted by molar-refractivity contribution is 5.56. The second kappa shape index (κ2) is 5.39. The van der Waals surface area contributed by atoms with Crippen LogP contribution in [-0.4, -0.2) is 6.61 Å². The third-order valence-corrected chi connectivity index (χ3v) is 2.72. The van der Waals surface area contributed by atoms with E-state index in [4.69, 9.17) is 10.5 Å². The number of rotatable bonds is 4. The molecule has 0 amide bonds. The van der Waals surface area contributed by atoms with Crippen molar-refractivity contribution < 1.29 is 4.74 Å². The zero-order valence-electron chi connectivity index (χ0n) is 10.0. The molecule has 0 aromatic heterocycles. The van der Waals surface area contributed by atoms with Crippen molar-refractivity contribution in [1.29, 1.82) is 0 Å². The number of ether oxygens (including phenoxy) is 1. The van der Waals surface area contributed by atoms with E-state index in [1.165, 1.54) is 5.56 Å². The van der Waals surface area contributed by atoms with Crippen LogP contribution in [0, 0.1) is 6.92 Å². The lowest BCUT2D eigenvalue weighted by atomic mass is 10.1. The zero-order valence-corrected chi connectivity index (χ0v) is 10.0. The molecule has 0 radical (unpaired) electrons. The van der Waals surface area contributed by atoms with Crippen molar-refractivity contribution >= 4 is 5.69 Å². The molecule has 0 saturated heterocycles. The zero-order chi connectivity index (χ0) is 12.1. The van der Waals surface area contributed by atoms with Gasteiger partial charge in [-0.1, -0.05) is 42.5 Å². The summed E-state index contributed by atoms with van der Waals surface area (Å²) in [5, 5.41) is 0. The first-order valence-electron chi connectivity index (χ1n) is 5.79. The Balaban J connectivity index is 1.95. The van der Waals surface area contributed by atoms with Crippen LogP contribution in [0.2, 0.25) is 0 Å². The quantitative estimate of drug-likeness (QED) is 0.814. The summed E-state index contributed by atoms with van der Waals surface area (Å²) in [7, 11) is 0. The van der Waals surface area contributed by atoms with Crippen molar-refractivity contribution in [2.45, 2.75) is 13.3 Å². The largest absolute Gasteiger partial charge is 0.491 e. The molecular weight excluding hydrogens is 210 g/mol. The van der Waals surface area contributed by atoms with Crippen molar-refractivity contribution in [3.63, 3.8) is 0 Å². The van der Waals surface area contributed by atoms with Crippen LogP contribution in [-0.2, 0) is 6.42 Å². The lowest BCUT2D eigenvalue weighted by Gasteiger charge is -2.11. The molecule has 0 heterocycles. The molecule has 0 unspecified atom stereocenters. The molecule has 0 spiro atoms. The molecule has 2 heteroatoms. The topological polar surface area (TPSA) is 35.2 Å². The summed E-state index contributed by atoms with van der Waals surface area (Å²) in [5.41, 5.74) is 8.94. The maximum Gasteiger partial charge on any atom is 0.145 e. The van der Waals surface area contributed by atoms with Crippen molar-refractivity contribution in [3.05, 3.63) is 59.7 Å². The third-order valence-electron chi connectivity index (χ3n) is 2.72. The molecule has 17 heavy (non-hydrogen) atoms. The molecule has 88 valence electrons. The van der Waals surface area contributed by atoms with Crippen molar-refractivity contribution in [2.24, 2.45) is 0 Å². The van der Waals surface area contributed by atoms with Gasteiger partial charge in [0.05, 0.1) is 12.3 Å². The normalized spacial score (nSPS) is 10.2. The average molecular weight is 227 g/mol. The first kappa shape index (κ1) is 11.5. The molecule has 0 atom stereocenters. The van der Waals surface area contributed by atoms with Crippen LogP contribution in [0.5, 0.6) is 5.75 Å². The fourth-order valence-electron chi connectivity index (χ4n) is 1.79. The van der Waals surface area contributed by atoms with Gasteiger partial charge in [-0.2, -0.15) is 0 Å². The standard InChI is InChI=1S/C15H17NO/c1-12-6-5-9-14(16)15(12)17-11-10-13-7-3-2-4-8-13/h2-9H,10-11,16H2,1H3. The lowest BCUT2D eigenvalue weighted by molar-refractivity contribution is 0.321. The Morgan fingerprint density at radius 3 is 2.47 bits per heavy atom. The molecule has 0 fully saturated rings. The fraction of sp³-hybridized carbons (Fsp3) is 0.200. The monoisotopic (exact) mass is 227 g/mol. The SMILES string of the molecule is Cc1cccc(N)c1OCCc1ccccc1. The van der Waals surface area contributed by atoms with Crippen LogP contribution in [0.3, 0.4) is 0 Å². The highest BCUT2D eigenvalue weighted by Crippen LogP contribution is 2.25. The van der Waals surface area contributed by atoms with Crippen molar-refractivity contribution in [2.75, 3.05) is 12.3 Å². The Hall–Kier alpha value is -1.96. The van der Waals surface area contributed by atoms with Gasteiger partial charge in [-0.05, 0) is 24.1 Å². The van der Waals surface area contributed by atoms with Gasteiger partial charge in [0, 0.05) is 6.42 Å². The number of nitrogens with two attached hydrogens (primary N) is 1. The molecule has 2 aromatic carbocycles. The lowest BCUT2D eigenvalue weighted by Crippen LogP contribution is -2.04. The summed E-state index contributed by atoms with van der Waals surface area (Å²) in [6.07, 6.45) is 0.897. The molecule has 2 N–H and O–H groups in total. The van der Waals surface area contributed by atoms with E-state index in [1.807, 2.05) is 43.3 Å². The number of benzene rings is 2. The van der Waals surface area contributed by atoms with Crippen LogP contribution < -0.4 is 10.5 Å². The second-order valence-electron chi connectivity index (χ2n) is 4.08. The van der Waals surface area contributed by atoms with Crippen molar-refractivity contribution in [3.8, 4) is 5.75 Å². The number of anilines is 1. The minimum absolute atomic E-state index is 0.652. The van der Waals surface area contributed by atoms with Gasteiger partial charge in [0.25, 0.3) is 0 Å². The summed E-state index contributed by atoms with van der Waals surface area (Å²) < 4.78 is 5.75. The Kier molecular flexibility index (Phi) is 3.66. The molecule has 0 aliphatic rings. The number of aryl methyl sites for hydroxylation is 1. The number of nitrogen functional groups attached to an aromatic ring is 1. The molecule has 0 bridgehead atoms. The Morgan fingerprint density at radius 1 is 1.00 bits per heavy atom. The van der Waals surface area contributed by atoms with E-state index in [-0.39, 0.29) is 0 Å². The Labute approximate surface area is 102 Å². The summed E-state index contributed by atoms with van der Waals surface area (Å²) in [4.78, 5) is 0. The Morgan fingerprint density at radius 2 is 1.76 bits per heavy atom. The number of para-hydroxylation sites is 1. The summed E-state index contributed by atoms with van der Waals surface area (Å²) >= 11 is 0. The van der Waals surface area contributed by atoms with E-state index >= 15 is 0 Å². The fourth-order valence-corrected chi connectivity index (χ4v) is 1.79.